The number of carbonyl (C=O) groups is 1. The summed E-state index contributed by atoms with van der Waals surface area (Å²) in [6, 6.07) is 3.73. The van der Waals surface area contributed by atoms with Gasteiger partial charge in [-0.15, -0.1) is 0 Å². The van der Waals surface area contributed by atoms with Gasteiger partial charge in [-0.05, 0) is 69.4 Å². The number of anilines is 2. The summed E-state index contributed by atoms with van der Waals surface area (Å²) in [7, 11) is 4.04. The number of halogens is 2. The van der Waals surface area contributed by atoms with Crippen LogP contribution < -0.4 is 15.5 Å². The molecule has 1 aromatic carbocycles. The van der Waals surface area contributed by atoms with E-state index in [0.29, 0.717) is 12.5 Å². The van der Waals surface area contributed by atoms with Gasteiger partial charge in [-0.1, -0.05) is 6.07 Å². The SMILES string of the molecule is CN(C)c1nc(N[C@H]2CC[C@@H](CNC(=O)c3c(F)cccc3F)CC2)nc2c1CCCC2. The molecule has 1 fully saturated rings. The van der Waals surface area contributed by atoms with Crippen molar-refractivity contribution in [3.63, 3.8) is 0 Å². The molecule has 1 heterocycles. The quantitative estimate of drug-likeness (QED) is 0.704. The molecule has 0 spiro atoms. The lowest BCUT2D eigenvalue weighted by Gasteiger charge is -2.30. The topological polar surface area (TPSA) is 70.2 Å². The summed E-state index contributed by atoms with van der Waals surface area (Å²) in [6.07, 6.45) is 8.11. The highest BCUT2D eigenvalue weighted by Crippen LogP contribution is 2.30. The second-order valence-electron chi connectivity index (χ2n) is 9.07. The van der Waals surface area contributed by atoms with E-state index < -0.39 is 23.1 Å². The van der Waals surface area contributed by atoms with Crippen LogP contribution in [0.2, 0.25) is 0 Å². The van der Waals surface area contributed by atoms with Crippen molar-refractivity contribution in [2.75, 3.05) is 30.9 Å². The first-order chi connectivity index (χ1) is 15.4. The summed E-state index contributed by atoms with van der Waals surface area (Å²) in [6.45, 7) is 0.416. The van der Waals surface area contributed by atoms with Crippen molar-refractivity contribution in [3.05, 3.63) is 46.7 Å². The highest BCUT2D eigenvalue weighted by molar-refractivity contribution is 5.94. The Morgan fingerprint density at radius 2 is 1.75 bits per heavy atom. The Bertz CT molecular complexity index is 953. The molecule has 0 bridgehead atoms. The molecule has 1 aromatic heterocycles. The minimum Gasteiger partial charge on any atom is -0.362 e. The second-order valence-corrected chi connectivity index (χ2v) is 9.07. The number of carbonyl (C=O) groups excluding carboxylic acids is 1. The molecule has 32 heavy (non-hydrogen) atoms. The number of nitrogens with zero attached hydrogens (tertiary/aromatic N) is 3. The first-order valence-electron chi connectivity index (χ1n) is 11.5. The fraction of sp³-hybridized carbons (Fsp3) is 0.542. The van der Waals surface area contributed by atoms with E-state index in [0.717, 1.165) is 62.2 Å². The van der Waals surface area contributed by atoms with Crippen molar-refractivity contribution in [1.29, 1.82) is 0 Å². The zero-order valence-corrected chi connectivity index (χ0v) is 18.8. The maximum Gasteiger partial charge on any atom is 0.257 e. The normalized spacial score (nSPS) is 20.4. The molecule has 4 rings (SSSR count). The van der Waals surface area contributed by atoms with Gasteiger partial charge in [0, 0.05) is 32.2 Å². The van der Waals surface area contributed by atoms with Crippen molar-refractivity contribution >= 4 is 17.7 Å². The molecule has 2 aliphatic rings. The van der Waals surface area contributed by atoms with Gasteiger partial charge in [-0.2, -0.15) is 4.98 Å². The molecule has 0 radical (unpaired) electrons. The summed E-state index contributed by atoms with van der Waals surface area (Å²) in [5.74, 6) is -0.377. The molecule has 6 nitrogen and oxygen atoms in total. The summed E-state index contributed by atoms with van der Waals surface area (Å²) in [4.78, 5) is 23.9. The molecule has 0 unspecified atom stereocenters. The molecule has 2 N–H and O–H groups in total. The molecule has 2 aromatic rings. The first kappa shape index (κ1) is 22.4. The van der Waals surface area contributed by atoms with Crippen LogP contribution in [0.15, 0.2) is 18.2 Å². The predicted octanol–water partition coefficient (Wildman–Crippen LogP) is 4.10. The highest BCUT2D eigenvalue weighted by atomic mass is 19.1. The average molecular weight is 444 g/mol. The highest BCUT2D eigenvalue weighted by Gasteiger charge is 2.25. The molecule has 0 aliphatic heterocycles. The van der Waals surface area contributed by atoms with Gasteiger partial charge in [-0.25, -0.2) is 13.8 Å². The summed E-state index contributed by atoms with van der Waals surface area (Å²) in [5, 5.41) is 6.22. The minimum atomic E-state index is -0.836. The Labute approximate surface area is 187 Å². The monoisotopic (exact) mass is 443 g/mol. The van der Waals surface area contributed by atoms with Gasteiger partial charge >= 0.3 is 0 Å². The summed E-state index contributed by atoms with van der Waals surface area (Å²) >= 11 is 0. The van der Waals surface area contributed by atoms with Gasteiger partial charge in [0.05, 0.1) is 5.69 Å². The van der Waals surface area contributed by atoms with E-state index in [-0.39, 0.29) is 12.0 Å². The van der Waals surface area contributed by atoms with E-state index in [9.17, 15) is 13.6 Å². The predicted molar refractivity (Wildman–Crippen MR) is 121 cm³/mol. The number of aromatic nitrogens is 2. The largest absolute Gasteiger partial charge is 0.362 e. The Kier molecular flexibility index (Phi) is 6.86. The van der Waals surface area contributed by atoms with Crippen molar-refractivity contribution in [3.8, 4) is 0 Å². The number of nitrogens with one attached hydrogen (secondary N) is 2. The summed E-state index contributed by atoms with van der Waals surface area (Å²) < 4.78 is 27.6. The maximum absolute atomic E-state index is 13.8. The number of rotatable bonds is 6. The Morgan fingerprint density at radius 3 is 2.44 bits per heavy atom. The van der Waals surface area contributed by atoms with Crippen LogP contribution in [0.5, 0.6) is 0 Å². The van der Waals surface area contributed by atoms with Gasteiger partial charge in [0.25, 0.3) is 5.91 Å². The van der Waals surface area contributed by atoms with E-state index in [4.69, 9.17) is 9.97 Å². The van der Waals surface area contributed by atoms with E-state index in [1.54, 1.807) is 0 Å². The van der Waals surface area contributed by atoms with E-state index in [1.165, 1.54) is 24.5 Å². The van der Waals surface area contributed by atoms with Crippen LogP contribution >= 0.6 is 0 Å². The zero-order chi connectivity index (χ0) is 22.7. The number of benzene rings is 1. The van der Waals surface area contributed by atoms with Crippen LogP contribution in [0, 0.1) is 17.6 Å². The standard InChI is InChI=1S/C24H31F2N5O/c1-31(2)22-17-6-3-4-9-20(17)29-24(30-22)28-16-12-10-15(11-13-16)14-27-23(32)21-18(25)7-5-8-19(21)26/h5,7-8,15-16H,3-4,6,9-14H2,1-2H3,(H,27,32)(H,28,29,30)/t15-,16+. The van der Waals surface area contributed by atoms with Crippen molar-refractivity contribution in [2.45, 2.75) is 57.4 Å². The van der Waals surface area contributed by atoms with Crippen LogP contribution in [0.25, 0.3) is 0 Å². The summed E-state index contributed by atoms with van der Waals surface area (Å²) in [5.41, 5.74) is 1.93. The maximum atomic E-state index is 13.8. The number of hydrogen-bond donors (Lipinski definition) is 2. The lowest BCUT2D eigenvalue weighted by atomic mass is 9.86. The number of fused-ring (bicyclic) bond motifs is 1. The molecular weight excluding hydrogens is 412 g/mol. The third-order valence-electron chi connectivity index (χ3n) is 6.51. The van der Waals surface area contributed by atoms with Gasteiger partial charge in [0.2, 0.25) is 5.95 Å². The number of aryl methyl sites for hydroxylation is 1. The van der Waals surface area contributed by atoms with Crippen LogP contribution in [0.3, 0.4) is 0 Å². The molecule has 1 amide bonds. The van der Waals surface area contributed by atoms with Crippen LogP contribution in [-0.4, -0.2) is 42.6 Å². The average Bonchev–Trinajstić information content (AvgIpc) is 2.78. The van der Waals surface area contributed by atoms with E-state index in [2.05, 4.69) is 15.5 Å². The van der Waals surface area contributed by atoms with Gasteiger partial charge in [0.1, 0.15) is 23.0 Å². The molecule has 0 atom stereocenters. The lowest BCUT2D eigenvalue weighted by Crippen LogP contribution is -2.35. The van der Waals surface area contributed by atoms with Gasteiger partial charge in [0.15, 0.2) is 0 Å². The van der Waals surface area contributed by atoms with E-state index >= 15 is 0 Å². The molecule has 172 valence electrons. The molecule has 1 saturated carbocycles. The van der Waals surface area contributed by atoms with Crippen molar-refractivity contribution in [1.82, 2.24) is 15.3 Å². The third-order valence-corrected chi connectivity index (χ3v) is 6.51. The Morgan fingerprint density at radius 1 is 1.06 bits per heavy atom. The fourth-order valence-electron chi connectivity index (χ4n) is 4.74. The molecule has 2 aliphatic carbocycles. The fourth-order valence-corrected chi connectivity index (χ4v) is 4.74. The third kappa shape index (κ3) is 5.00. The van der Waals surface area contributed by atoms with Crippen LogP contribution in [-0.2, 0) is 12.8 Å². The molecular formula is C24H31F2N5O. The smallest absolute Gasteiger partial charge is 0.257 e. The first-order valence-corrected chi connectivity index (χ1v) is 11.5. The lowest BCUT2D eigenvalue weighted by molar-refractivity contribution is 0.0935. The molecule has 0 saturated heterocycles. The van der Waals surface area contributed by atoms with Crippen LogP contribution in [0.4, 0.5) is 20.5 Å². The molecule has 8 heteroatoms. The van der Waals surface area contributed by atoms with Crippen molar-refractivity contribution in [2.24, 2.45) is 5.92 Å². The van der Waals surface area contributed by atoms with Gasteiger partial charge in [-0.3, -0.25) is 4.79 Å². The zero-order valence-electron chi connectivity index (χ0n) is 18.8. The Balaban J connectivity index is 1.31. The van der Waals surface area contributed by atoms with Gasteiger partial charge < -0.3 is 15.5 Å². The minimum absolute atomic E-state index is 0.280. The van der Waals surface area contributed by atoms with Crippen molar-refractivity contribution < 1.29 is 13.6 Å². The number of hydrogen-bond acceptors (Lipinski definition) is 5. The number of amides is 1. The van der Waals surface area contributed by atoms with E-state index in [1.807, 2.05) is 14.1 Å². The van der Waals surface area contributed by atoms with Crippen LogP contribution in [0.1, 0.15) is 60.1 Å². The second kappa shape index (κ2) is 9.79. The Hall–Kier alpha value is -2.77.